The number of rotatable bonds is 3. The van der Waals surface area contributed by atoms with E-state index >= 15 is 0 Å². The van der Waals surface area contributed by atoms with Crippen molar-refractivity contribution in [2.24, 2.45) is 5.73 Å². The van der Waals surface area contributed by atoms with Crippen LogP contribution in [-0.2, 0) is 9.53 Å². The van der Waals surface area contributed by atoms with E-state index < -0.39 is 17.7 Å². The summed E-state index contributed by atoms with van der Waals surface area (Å²) in [5, 5.41) is 18.8. The topological polar surface area (TPSA) is 96.1 Å². The van der Waals surface area contributed by atoms with Gasteiger partial charge in [0, 0.05) is 12.5 Å². The Kier molecular flexibility index (Phi) is 2.19. The fourth-order valence-electron chi connectivity index (χ4n) is 1.80. The Morgan fingerprint density at radius 3 is 3.07 bits per heavy atom. The molecule has 2 aliphatic rings. The van der Waals surface area contributed by atoms with E-state index in [-0.39, 0.29) is 24.9 Å². The lowest BCUT2D eigenvalue weighted by atomic mass is 9.83. The highest BCUT2D eigenvalue weighted by Crippen LogP contribution is 2.40. The first-order valence-corrected chi connectivity index (χ1v) is 4.55. The first-order chi connectivity index (χ1) is 6.58. The van der Waals surface area contributed by atoms with E-state index in [1.54, 1.807) is 6.08 Å². The average Bonchev–Trinajstić information content (AvgIpc) is 2.92. The van der Waals surface area contributed by atoms with Crippen LogP contribution < -0.4 is 5.73 Å². The summed E-state index contributed by atoms with van der Waals surface area (Å²) in [5.41, 5.74) is 3.95. The minimum absolute atomic E-state index is 0.0356. The molecule has 1 fully saturated rings. The quantitative estimate of drug-likeness (QED) is 0.472. The third-order valence-corrected chi connectivity index (χ3v) is 2.67. The SMILES string of the molecule is N[C@H](CO)C[C@@]1(O)C(=O)C=C[C@@H]2O[C@@H]21. The zero-order valence-electron chi connectivity index (χ0n) is 7.59. The van der Waals surface area contributed by atoms with Crippen molar-refractivity contribution >= 4 is 5.78 Å². The largest absolute Gasteiger partial charge is 0.395 e. The molecule has 78 valence electrons. The van der Waals surface area contributed by atoms with Crippen LogP contribution in [0.3, 0.4) is 0 Å². The molecule has 0 spiro atoms. The Balaban J connectivity index is 2.13. The highest BCUT2D eigenvalue weighted by atomic mass is 16.6. The predicted molar refractivity (Wildman–Crippen MR) is 47.4 cm³/mol. The molecular weight excluding hydrogens is 186 g/mol. The van der Waals surface area contributed by atoms with E-state index in [2.05, 4.69) is 0 Å². The monoisotopic (exact) mass is 199 g/mol. The summed E-state index contributed by atoms with van der Waals surface area (Å²) < 4.78 is 5.11. The molecule has 0 radical (unpaired) electrons. The Morgan fingerprint density at radius 2 is 2.43 bits per heavy atom. The third-order valence-electron chi connectivity index (χ3n) is 2.67. The number of carbonyl (C=O) groups excluding carboxylic acids is 1. The maximum atomic E-state index is 11.5. The third kappa shape index (κ3) is 1.38. The molecule has 1 aliphatic heterocycles. The molecule has 4 N–H and O–H groups in total. The molecule has 0 aromatic rings. The van der Waals surface area contributed by atoms with Crippen molar-refractivity contribution in [1.82, 2.24) is 0 Å². The fourth-order valence-corrected chi connectivity index (χ4v) is 1.80. The van der Waals surface area contributed by atoms with Crippen molar-refractivity contribution in [2.75, 3.05) is 6.61 Å². The highest BCUT2D eigenvalue weighted by Gasteiger charge is 2.59. The van der Waals surface area contributed by atoms with Crippen LogP contribution in [0, 0.1) is 0 Å². The minimum Gasteiger partial charge on any atom is -0.395 e. The molecule has 0 aromatic carbocycles. The number of aliphatic hydroxyl groups excluding tert-OH is 1. The van der Waals surface area contributed by atoms with Gasteiger partial charge in [-0.25, -0.2) is 0 Å². The number of hydrogen-bond acceptors (Lipinski definition) is 5. The molecule has 14 heavy (non-hydrogen) atoms. The summed E-state index contributed by atoms with van der Waals surface area (Å²) in [6.07, 6.45) is 2.35. The number of carbonyl (C=O) groups is 1. The van der Waals surface area contributed by atoms with E-state index in [1.807, 2.05) is 0 Å². The van der Waals surface area contributed by atoms with Gasteiger partial charge in [0.15, 0.2) is 11.4 Å². The van der Waals surface area contributed by atoms with Gasteiger partial charge >= 0.3 is 0 Å². The molecule has 0 amide bonds. The van der Waals surface area contributed by atoms with Crippen molar-refractivity contribution in [2.45, 2.75) is 30.3 Å². The van der Waals surface area contributed by atoms with Crippen molar-refractivity contribution in [3.8, 4) is 0 Å². The summed E-state index contributed by atoms with van der Waals surface area (Å²) in [7, 11) is 0. The predicted octanol–water partition coefficient (Wildman–Crippen LogP) is -1.67. The van der Waals surface area contributed by atoms with Crippen LogP contribution >= 0.6 is 0 Å². The minimum atomic E-state index is -1.54. The van der Waals surface area contributed by atoms with Gasteiger partial charge in [-0.15, -0.1) is 0 Å². The maximum Gasteiger partial charge on any atom is 0.189 e. The van der Waals surface area contributed by atoms with Crippen molar-refractivity contribution in [3.63, 3.8) is 0 Å². The molecule has 0 unspecified atom stereocenters. The number of epoxide rings is 1. The molecular formula is C9H13NO4. The number of ketones is 1. The highest BCUT2D eigenvalue weighted by molar-refractivity contribution is 5.99. The molecule has 4 atom stereocenters. The van der Waals surface area contributed by atoms with Crippen LogP contribution in [0.2, 0.25) is 0 Å². The van der Waals surface area contributed by atoms with Gasteiger partial charge in [0.25, 0.3) is 0 Å². The summed E-state index contributed by atoms with van der Waals surface area (Å²) in [4.78, 5) is 11.5. The summed E-state index contributed by atoms with van der Waals surface area (Å²) in [6, 6.07) is -0.597. The van der Waals surface area contributed by atoms with Gasteiger partial charge in [0.2, 0.25) is 0 Å². The first-order valence-electron chi connectivity index (χ1n) is 4.55. The van der Waals surface area contributed by atoms with E-state index in [1.165, 1.54) is 6.08 Å². The summed E-state index contributed by atoms with van der Waals surface area (Å²) in [6.45, 7) is -0.253. The lowest BCUT2D eigenvalue weighted by Crippen LogP contribution is -2.50. The lowest BCUT2D eigenvalue weighted by Gasteiger charge is -2.27. The van der Waals surface area contributed by atoms with Crippen LogP contribution in [0.25, 0.3) is 0 Å². The molecule has 1 saturated heterocycles. The van der Waals surface area contributed by atoms with Crippen molar-refractivity contribution in [3.05, 3.63) is 12.2 Å². The fraction of sp³-hybridized carbons (Fsp3) is 0.667. The van der Waals surface area contributed by atoms with Crippen LogP contribution in [0.5, 0.6) is 0 Å². The standard InChI is InChI=1S/C9H13NO4/c10-5(4-11)3-9(13)7(12)2-1-6-8(9)14-6/h1-2,5-6,8,11,13H,3-4,10H2/t5-,6-,8-,9+/m0/s1. The van der Waals surface area contributed by atoms with Crippen LogP contribution in [0.1, 0.15) is 6.42 Å². The van der Waals surface area contributed by atoms with Crippen LogP contribution in [0.4, 0.5) is 0 Å². The van der Waals surface area contributed by atoms with Gasteiger partial charge in [0.05, 0.1) is 6.61 Å². The number of aliphatic hydroxyl groups is 2. The molecule has 5 heteroatoms. The second-order valence-corrected chi connectivity index (χ2v) is 3.82. The summed E-state index contributed by atoms with van der Waals surface area (Å²) >= 11 is 0. The van der Waals surface area contributed by atoms with Gasteiger partial charge in [-0.2, -0.15) is 0 Å². The Hall–Kier alpha value is -0.750. The second kappa shape index (κ2) is 3.13. The molecule has 2 rings (SSSR count). The van der Waals surface area contributed by atoms with Gasteiger partial charge < -0.3 is 20.7 Å². The summed E-state index contributed by atoms with van der Waals surface area (Å²) in [5.74, 6) is -0.389. The molecule has 0 aromatic heterocycles. The number of fused-ring (bicyclic) bond motifs is 1. The number of hydrogen-bond donors (Lipinski definition) is 3. The molecule has 1 aliphatic carbocycles. The molecule has 0 saturated carbocycles. The molecule has 0 bridgehead atoms. The second-order valence-electron chi connectivity index (χ2n) is 3.82. The van der Waals surface area contributed by atoms with Crippen LogP contribution in [-0.4, -0.2) is 46.5 Å². The zero-order valence-corrected chi connectivity index (χ0v) is 7.59. The van der Waals surface area contributed by atoms with Gasteiger partial charge in [-0.05, 0) is 12.2 Å². The molecule has 1 heterocycles. The van der Waals surface area contributed by atoms with Gasteiger partial charge in [0.1, 0.15) is 12.2 Å². The zero-order chi connectivity index (χ0) is 10.3. The van der Waals surface area contributed by atoms with E-state index in [9.17, 15) is 9.90 Å². The van der Waals surface area contributed by atoms with Crippen LogP contribution in [0.15, 0.2) is 12.2 Å². The van der Waals surface area contributed by atoms with Crippen molar-refractivity contribution < 1.29 is 19.7 Å². The Morgan fingerprint density at radius 1 is 1.71 bits per heavy atom. The van der Waals surface area contributed by atoms with Crippen molar-refractivity contribution in [1.29, 1.82) is 0 Å². The maximum absolute atomic E-state index is 11.5. The number of nitrogens with two attached hydrogens (primary N) is 1. The Labute approximate surface area is 81.2 Å². The normalized spacial score (nSPS) is 42.1. The van der Waals surface area contributed by atoms with E-state index in [0.717, 1.165) is 0 Å². The van der Waals surface area contributed by atoms with Gasteiger partial charge in [-0.1, -0.05) is 0 Å². The number of ether oxygens (including phenoxy) is 1. The van der Waals surface area contributed by atoms with E-state index in [0.29, 0.717) is 0 Å². The average molecular weight is 199 g/mol. The first kappa shape index (κ1) is 9.79. The lowest BCUT2D eigenvalue weighted by molar-refractivity contribution is -0.136. The molecule has 5 nitrogen and oxygen atoms in total. The Bertz CT molecular complexity index is 291. The smallest absolute Gasteiger partial charge is 0.189 e. The van der Waals surface area contributed by atoms with Gasteiger partial charge in [-0.3, -0.25) is 4.79 Å². The van der Waals surface area contributed by atoms with E-state index in [4.69, 9.17) is 15.6 Å².